The number of benzene rings is 1. The Bertz CT molecular complexity index is 320. The minimum Gasteiger partial charge on any atom is -0.449 e. The minimum atomic E-state index is -1.25. The molecule has 0 saturated heterocycles. The fraction of sp³-hybridized carbons (Fsp3) is 0.417. The van der Waals surface area contributed by atoms with Crippen LogP contribution in [0.25, 0.3) is 0 Å². The number of aryl methyl sites for hydroxylation is 1. The monoisotopic (exact) mass is 208 g/mol. The Kier molecular flexibility index (Phi) is 4.68. The molecule has 0 bridgehead atoms. The third kappa shape index (κ3) is 4.02. The lowest BCUT2D eigenvalue weighted by Gasteiger charge is -2.06. The second kappa shape index (κ2) is 6.06. The first kappa shape index (κ1) is 11.6. The van der Waals surface area contributed by atoms with Crippen molar-refractivity contribution in [1.82, 2.24) is 0 Å². The fourth-order valence-corrected chi connectivity index (χ4v) is 1.47. The number of carboxylic acid groups (broad SMARTS) is 1. The summed E-state index contributed by atoms with van der Waals surface area (Å²) >= 11 is 0. The molecule has 0 atom stereocenters. The second-order valence-electron chi connectivity index (χ2n) is 3.43. The highest BCUT2D eigenvalue weighted by Gasteiger charge is 2.06. The molecule has 1 aromatic carbocycles. The van der Waals surface area contributed by atoms with Crippen LogP contribution in [0.1, 0.15) is 31.7 Å². The number of ether oxygens (including phenoxy) is 1. The summed E-state index contributed by atoms with van der Waals surface area (Å²) in [5.41, 5.74) is 0.966. The van der Waals surface area contributed by atoms with E-state index in [1.807, 2.05) is 12.1 Å². The predicted molar refractivity (Wildman–Crippen MR) is 58.3 cm³/mol. The Morgan fingerprint density at radius 3 is 2.73 bits per heavy atom. The zero-order chi connectivity index (χ0) is 11.1. The molecule has 0 heterocycles. The van der Waals surface area contributed by atoms with E-state index in [1.165, 1.54) is 0 Å². The molecule has 0 spiro atoms. The van der Waals surface area contributed by atoms with Crippen LogP contribution < -0.4 is 4.74 Å². The highest BCUT2D eigenvalue weighted by atomic mass is 16.7. The van der Waals surface area contributed by atoms with Gasteiger partial charge in [-0.2, -0.15) is 0 Å². The van der Waals surface area contributed by atoms with Gasteiger partial charge < -0.3 is 9.84 Å². The van der Waals surface area contributed by atoms with Crippen molar-refractivity contribution in [1.29, 1.82) is 0 Å². The van der Waals surface area contributed by atoms with Crippen molar-refractivity contribution < 1.29 is 14.6 Å². The fourth-order valence-electron chi connectivity index (χ4n) is 1.47. The molecule has 0 aromatic heterocycles. The zero-order valence-electron chi connectivity index (χ0n) is 8.90. The molecule has 1 N–H and O–H groups in total. The highest BCUT2D eigenvalue weighted by molar-refractivity contribution is 5.62. The van der Waals surface area contributed by atoms with E-state index in [0.29, 0.717) is 5.75 Å². The van der Waals surface area contributed by atoms with Gasteiger partial charge in [0.2, 0.25) is 0 Å². The van der Waals surface area contributed by atoms with Crippen molar-refractivity contribution in [3.63, 3.8) is 0 Å². The molecule has 0 radical (unpaired) electrons. The molecule has 0 aliphatic heterocycles. The van der Waals surface area contributed by atoms with E-state index in [2.05, 4.69) is 6.92 Å². The number of hydrogen-bond donors (Lipinski definition) is 1. The molecule has 0 saturated carbocycles. The average molecular weight is 208 g/mol. The largest absolute Gasteiger partial charge is 0.511 e. The number of para-hydroxylation sites is 1. The van der Waals surface area contributed by atoms with Gasteiger partial charge in [-0.3, -0.25) is 0 Å². The zero-order valence-corrected chi connectivity index (χ0v) is 8.90. The topological polar surface area (TPSA) is 46.5 Å². The molecule has 0 aliphatic carbocycles. The third-order valence-electron chi connectivity index (χ3n) is 2.22. The maximum atomic E-state index is 10.4. The van der Waals surface area contributed by atoms with Gasteiger partial charge in [0, 0.05) is 0 Å². The molecule has 1 rings (SSSR count). The van der Waals surface area contributed by atoms with Crippen LogP contribution in [-0.4, -0.2) is 11.3 Å². The summed E-state index contributed by atoms with van der Waals surface area (Å²) in [4.78, 5) is 10.4. The average Bonchev–Trinajstić information content (AvgIpc) is 2.20. The summed E-state index contributed by atoms with van der Waals surface area (Å²) in [5.74, 6) is 0.459. The first-order valence-corrected chi connectivity index (χ1v) is 5.22. The molecule has 82 valence electrons. The molecule has 0 aliphatic rings. The van der Waals surface area contributed by atoms with Crippen molar-refractivity contribution in [2.24, 2.45) is 0 Å². The van der Waals surface area contributed by atoms with Crippen molar-refractivity contribution in [3.8, 4) is 5.75 Å². The first-order chi connectivity index (χ1) is 7.24. The lowest BCUT2D eigenvalue weighted by atomic mass is 10.1. The van der Waals surface area contributed by atoms with Crippen LogP contribution in [0.4, 0.5) is 4.79 Å². The van der Waals surface area contributed by atoms with E-state index in [9.17, 15) is 4.79 Å². The molecule has 0 fully saturated rings. The van der Waals surface area contributed by atoms with Crippen LogP contribution in [0.15, 0.2) is 24.3 Å². The van der Waals surface area contributed by atoms with Crippen LogP contribution in [0.2, 0.25) is 0 Å². The minimum absolute atomic E-state index is 0.459. The van der Waals surface area contributed by atoms with Gasteiger partial charge in [-0.1, -0.05) is 38.0 Å². The van der Waals surface area contributed by atoms with Crippen LogP contribution >= 0.6 is 0 Å². The number of rotatable bonds is 5. The van der Waals surface area contributed by atoms with Gasteiger partial charge in [-0.15, -0.1) is 0 Å². The maximum Gasteiger partial charge on any atom is 0.511 e. The van der Waals surface area contributed by atoms with Gasteiger partial charge in [0.25, 0.3) is 0 Å². The molecule has 0 unspecified atom stereocenters. The van der Waals surface area contributed by atoms with Gasteiger partial charge >= 0.3 is 6.16 Å². The summed E-state index contributed by atoms with van der Waals surface area (Å²) in [6.45, 7) is 2.14. The van der Waals surface area contributed by atoms with Gasteiger partial charge in [-0.25, -0.2) is 4.79 Å². The molecule has 3 nitrogen and oxygen atoms in total. The van der Waals surface area contributed by atoms with Gasteiger partial charge in [0.15, 0.2) is 0 Å². The molecular weight excluding hydrogens is 192 g/mol. The van der Waals surface area contributed by atoms with Crippen molar-refractivity contribution in [3.05, 3.63) is 29.8 Å². The number of unbranched alkanes of at least 4 members (excludes halogenated alkanes) is 2. The van der Waals surface area contributed by atoms with Gasteiger partial charge in [0.05, 0.1) is 0 Å². The van der Waals surface area contributed by atoms with Crippen LogP contribution in [0.3, 0.4) is 0 Å². The van der Waals surface area contributed by atoms with E-state index >= 15 is 0 Å². The maximum absolute atomic E-state index is 10.4. The normalized spacial score (nSPS) is 9.93. The third-order valence-corrected chi connectivity index (χ3v) is 2.22. The molecule has 0 amide bonds. The summed E-state index contributed by atoms with van der Waals surface area (Å²) in [7, 11) is 0. The van der Waals surface area contributed by atoms with E-state index < -0.39 is 6.16 Å². The summed E-state index contributed by atoms with van der Waals surface area (Å²) in [6, 6.07) is 7.28. The van der Waals surface area contributed by atoms with E-state index in [-0.39, 0.29) is 0 Å². The van der Waals surface area contributed by atoms with Crippen molar-refractivity contribution in [2.75, 3.05) is 0 Å². The number of carbonyl (C=O) groups is 1. The Balaban J connectivity index is 2.64. The smallest absolute Gasteiger partial charge is 0.449 e. The predicted octanol–water partition coefficient (Wildman–Crippen LogP) is 3.48. The van der Waals surface area contributed by atoms with Gasteiger partial charge in [0.1, 0.15) is 5.75 Å². The lowest BCUT2D eigenvalue weighted by Crippen LogP contribution is -2.05. The van der Waals surface area contributed by atoms with Crippen LogP contribution in [0.5, 0.6) is 5.75 Å². The first-order valence-electron chi connectivity index (χ1n) is 5.22. The van der Waals surface area contributed by atoms with Crippen molar-refractivity contribution >= 4 is 6.16 Å². The van der Waals surface area contributed by atoms with Crippen molar-refractivity contribution in [2.45, 2.75) is 32.6 Å². The molecule has 3 heteroatoms. The number of hydrogen-bond acceptors (Lipinski definition) is 2. The van der Waals surface area contributed by atoms with Gasteiger partial charge in [-0.05, 0) is 24.5 Å². The molecular formula is C12H16O3. The van der Waals surface area contributed by atoms with Crippen LogP contribution in [-0.2, 0) is 6.42 Å². The SMILES string of the molecule is CCCCCc1ccccc1OC(=O)O. The quantitative estimate of drug-likeness (QED) is 0.458. The highest BCUT2D eigenvalue weighted by Crippen LogP contribution is 2.20. The van der Waals surface area contributed by atoms with E-state index in [0.717, 1.165) is 31.2 Å². The lowest BCUT2D eigenvalue weighted by molar-refractivity contribution is 0.144. The summed E-state index contributed by atoms with van der Waals surface area (Å²) < 4.78 is 4.69. The van der Waals surface area contributed by atoms with E-state index in [4.69, 9.17) is 9.84 Å². The molecule has 15 heavy (non-hydrogen) atoms. The Hall–Kier alpha value is -1.51. The van der Waals surface area contributed by atoms with E-state index in [1.54, 1.807) is 12.1 Å². The Morgan fingerprint density at radius 2 is 2.07 bits per heavy atom. The Morgan fingerprint density at radius 1 is 1.33 bits per heavy atom. The molecule has 1 aromatic rings. The van der Waals surface area contributed by atoms with Crippen LogP contribution in [0, 0.1) is 0 Å². The Labute approximate surface area is 89.7 Å². The second-order valence-corrected chi connectivity index (χ2v) is 3.43. The summed E-state index contributed by atoms with van der Waals surface area (Å²) in [5, 5.41) is 8.54. The standard InChI is InChI=1S/C12H16O3/c1-2-3-4-7-10-8-5-6-9-11(10)15-12(13)14/h5-6,8-9H,2-4,7H2,1H3,(H,13,14). The summed E-state index contributed by atoms with van der Waals surface area (Å²) in [6.07, 6.45) is 3.00.